The van der Waals surface area contributed by atoms with Crippen LogP contribution in [-0.2, 0) is 6.54 Å². The van der Waals surface area contributed by atoms with Gasteiger partial charge < -0.3 is 19.5 Å². The number of rotatable bonds is 6. The molecule has 7 nitrogen and oxygen atoms in total. The fourth-order valence-electron chi connectivity index (χ4n) is 3.20. The standard InChI is InChI=1S/C20H21N5O2/c1-27-18-4-2-3-15(11-18)12-24-10-9-22-19(24)20(26)23-16-13-25(14-16)17-5-7-21-8-6-17/h2-11,16H,12-14H2,1H3,(H,23,26). The Morgan fingerprint density at radius 3 is 2.81 bits per heavy atom. The highest BCUT2D eigenvalue weighted by atomic mass is 16.5. The topological polar surface area (TPSA) is 72.3 Å². The second kappa shape index (κ2) is 7.49. The minimum atomic E-state index is -0.151. The molecule has 0 aliphatic carbocycles. The molecule has 0 bridgehead atoms. The predicted octanol–water partition coefficient (Wildman–Crippen LogP) is 1.95. The van der Waals surface area contributed by atoms with Crippen LogP contribution in [0.5, 0.6) is 5.75 Å². The Labute approximate surface area is 157 Å². The molecule has 0 unspecified atom stereocenters. The number of anilines is 1. The molecule has 138 valence electrons. The number of aromatic nitrogens is 3. The Kier molecular flexibility index (Phi) is 4.74. The molecule has 1 saturated heterocycles. The molecule has 0 spiro atoms. The van der Waals surface area contributed by atoms with Crippen LogP contribution in [0.25, 0.3) is 0 Å². The van der Waals surface area contributed by atoms with Gasteiger partial charge in [-0.3, -0.25) is 9.78 Å². The van der Waals surface area contributed by atoms with Crippen molar-refractivity contribution in [1.82, 2.24) is 19.9 Å². The van der Waals surface area contributed by atoms with E-state index < -0.39 is 0 Å². The number of benzene rings is 1. The number of hydrogen-bond donors (Lipinski definition) is 1. The van der Waals surface area contributed by atoms with Gasteiger partial charge in [-0.1, -0.05) is 12.1 Å². The summed E-state index contributed by atoms with van der Waals surface area (Å²) in [6.07, 6.45) is 7.02. The van der Waals surface area contributed by atoms with E-state index in [9.17, 15) is 4.79 Å². The van der Waals surface area contributed by atoms with Crippen molar-refractivity contribution in [1.29, 1.82) is 0 Å². The second-order valence-corrected chi connectivity index (χ2v) is 6.51. The first-order valence-electron chi connectivity index (χ1n) is 8.83. The summed E-state index contributed by atoms with van der Waals surface area (Å²) in [5.74, 6) is 1.06. The first kappa shape index (κ1) is 17.1. The quantitative estimate of drug-likeness (QED) is 0.725. The van der Waals surface area contributed by atoms with Crippen molar-refractivity contribution in [2.45, 2.75) is 12.6 Å². The van der Waals surface area contributed by atoms with Crippen molar-refractivity contribution >= 4 is 11.6 Å². The van der Waals surface area contributed by atoms with Crippen LogP contribution in [0, 0.1) is 0 Å². The van der Waals surface area contributed by atoms with Crippen LogP contribution in [0.1, 0.15) is 16.2 Å². The van der Waals surface area contributed by atoms with Gasteiger partial charge in [-0.15, -0.1) is 0 Å². The van der Waals surface area contributed by atoms with Gasteiger partial charge in [-0.25, -0.2) is 4.98 Å². The van der Waals surface area contributed by atoms with Gasteiger partial charge in [0.05, 0.1) is 13.2 Å². The third kappa shape index (κ3) is 3.76. The number of ether oxygens (including phenoxy) is 1. The molecule has 7 heteroatoms. The number of nitrogens with zero attached hydrogens (tertiary/aromatic N) is 4. The van der Waals surface area contributed by atoms with Crippen molar-refractivity contribution in [2.24, 2.45) is 0 Å². The third-order valence-electron chi connectivity index (χ3n) is 4.65. The van der Waals surface area contributed by atoms with Gasteiger partial charge >= 0.3 is 0 Å². The predicted molar refractivity (Wildman–Crippen MR) is 102 cm³/mol. The van der Waals surface area contributed by atoms with Gasteiger partial charge in [0, 0.05) is 50.1 Å². The molecule has 0 atom stereocenters. The van der Waals surface area contributed by atoms with E-state index in [-0.39, 0.29) is 11.9 Å². The highest BCUT2D eigenvalue weighted by molar-refractivity contribution is 5.91. The van der Waals surface area contributed by atoms with Gasteiger partial charge in [0.15, 0.2) is 5.82 Å². The summed E-state index contributed by atoms with van der Waals surface area (Å²) in [4.78, 5) is 23.1. The van der Waals surface area contributed by atoms with Gasteiger partial charge in [-0.05, 0) is 29.8 Å². The zero-order valence-electron chi connectivity index (χ0n) is 15.1. The Hall–Kier alpha value is -3.35. The maximum absolute atomic E-state index is 12.6. The zero-order chi connectivity index (χ0) is 18.6. The van der Waals surface area contributed by atoms with E-state index in [2.05, 4.69) is 20.2 Å². The fourth-order valence-corrected chi connectivity index (χ4v) is 3.20. The lowest BCUT2D eigenvalue weighted by atomic mass is 10.1. The molecule has 2 aromatic heterocycles. The van der Waals surface area contributed by atoms with Crippen LogP contribution >= 0.6 is 0 Å². The summed E-state index contributed by atoms with van der Waals surface area (Å²) in [6.45, 7) is 2.13. The largest absolute Gasteiger partial charge is 0.497 e. The molecule has 1 aliphatic heterocycles. The number of nitrogens with one attached hydrogen (secondary N) is 1. The van der Waals surface area contributed by atoms with Crippen LogP contribution in [0.2, 0.25) is 0 Å². The molecule has 27 heavy (non-hydrogen) atoms. The summed E-state index contributed by atoms with van der Waals surface area (Å²) < 4.78 is 7.11. The smallest absolute Gasteiger partial charge is 0.287 e. The number of imidazole rings is 1. The minimum Gasteiger partial charge on any atom is -0.497 e. The normalized spacial score (nSPS) is 13.9. The Morgan fingerprint density at radius 1 is 1.22 bits per heavy atom. The van der Waals surface area contributed by atoms with Gasteiger partial charge in [0.25, 0.3) is 5.91 Å². The van der Waals surface area contributed by atoms with E-state index in [0.717, 1.165) is 30.1 Å². The minimum absolute atomic E-state index is 0.118. The third-order valence-corrected chi connectivity index (χ3v) is 4.65. The molecule has 1 N–H and O–H groups in total. The average molecular weight is 363 g/mol. The summed E-state index contributed by atoms with van der Waals surface area (Å²) in [5, 5.41) is 3.06. The maximum atomic E-state index is 12.6. The van der Waals surface area contributed by atoms with E-state index in [1.165, 1.54) is 0 Å². The maximum Gasteiger partial charge on any atom is 0.287 e. The Morgan fingerprint density at radius 2 is 2.04 bits per heavy atom. The van der Waals surface area contributed by atoms with Gasteiger partial charge in [-0.2, -0.15) is 0 Å². The Balaban J connectivity index is 1.37. The number of hydrogen-bond acceptors (Lipinski definition) is 5. The molecular weight excluding hydrogens is 342 g/mol. The number of carbonyl (C=O) groups excluding carboxylic acids is 1. The van der Waals surface area contributed by atoms with E-state index in [1.54, 1.807) is 25.7 Å². The van der Waals surface area contributed by atoms with Crippen molar-refractivity contribution in [3.05, 3.63) is 72.6 Å². The van der Waals surface area contributed by atoms with Crippen molar-refractivity contribution in [3.8, 4) is 5.75 Å². The van der Waals surface area contributed by atoms with Crippen molar-refractivity contribution < 1.29 is 9.53 Å². The lowest BCUT2D eigenvalue weighted by molar-refractivity contribution is 0.0916. The lowest BCUT2D eigenvalue weighted by Gasteiger charge is -2.41. The van der Waals surface area contributed by atoms with E-state index in [4.69, 9.17) is 4.74 Å². The van der Waals surface area contributed by atoms with Gasteiger partial charge in [0.1, 0.15) is 5.75 Å². The van der Waals surface area contributed by atoms with E-state index in [1.807, 2.05) is 47.2 Å². The molecule has 0 saturated carbocycles. The summed E-state index contributed by atoms with van der Waals surface area (Å²) in [5.41, 5.74) is 2.17. The number of pyridine rings is 1. The van der Waals surface area contributed by atoms with Crippen LogP contribution in [0.3, 0.4) is 0 Å². The van der Waals surface area contributed by atoms with E-state index in [0.29, 0.717) is 12.4 Å². The summed E-state index contributed by atoms with van der Waals surface area (Å²) in [7, 11) is 1.64. The summed E-state index contributed by atoms with van der Waals surface area (Å²) in [6, 6.07) is 11.9. The Bertz CT molecular complexity index is 919. The molecule has 3 heterocycles. The number of amides is 1. The number of carbonyl (C=O) groups is 1. The SMILES string of the molecule is COc1cccc(Cn2ccnc2C(=O)NC2CN(c3ccncc3)C2)c1. The van der Waals surface area contributed by atoms with Crippen LogP contribution in [0.4, 0.5) is 5.69 Å². The molecule has 1 amide bonds. The molecular formula is C20H21N5O2. The fraction of sp³-hybridized carbons (Fsp3) is 0.250. The average Bonchev–Trinajstić information content (AvgIpc) is 3.13. The highest BCUT2D eigenvalue weighted by Crippen LogP contribution is 2.20. The molecule has 3 aromatic rings. The van der Waals surface area contributed by atoms with Crippen LogP contribution in [-0.4, -0.2) is 46.7 Å². The molecule has 1 fully saturated rings. The van der Waals surface area contributed by atoms with Crippen molar-refractivity contribution in [3.63, 3.8) is 0 Å². The molecule has 4 rings (SSSR count). The first-order valence-corrected chi connectivity index (χ1v) is 8.83. The molecule has 0 radical (unpaired) electrons. The van der Waals surface area contributed by atoms with Crippen LogP contribution < -0.4 is 15.0 Å². The lowest BCUT2D eigenvalue weighted by Crippen LogP contribution is -2.59. The monoisotopic (exact) mass is 363 g/mol. The number of methoxy groups -OCH3 is 1. The van der Waals surface area contributed by atoms with Crippen LogP contribution in [0.15, 0.2) is 61.2 Å². The van der Waals surface area contributed by atoms with Gasteiger partial charge in [0.2, 0.25) is 0 Å². The van der Waals surface area contributed by atoms with E-state index >= 15 is 0 Å². The first-order chi connectivity index (χ1) is 13.2. The molecule has 1 aromatic carbocycles. The highest BCUT2D eigenvalue weighted by Gasteiger charge is 2.29. The molecule has 1 aliphatic rings. The van der Waals surface area contributed by atoms with Crippen molar-refractivity contribution in [2.75, 3.05) is 25.1 Å². The zero-order valence-corrected chi connectivity index (χ0v) is 15.1. The summed E-state index contributed by atoms with van der Waals surface area (Å²) >= 11 is 0. The second-order valence-electron chi connectivity index (χ2n) is 6.51.